The minimum atomic E-state index is -0.475. The third-order valence-electron chi connectivity index (χ3n) is 3.72. The Morgan fingerprint density at radius 2 is 2.35 bits per heavy atom. The Balaban J connectivity index is 2.12. The molecule has 1 aliphatic heterocycles. The van der Waals surface area contributed by atoms with Crippen LogP contribution in [0.2, 0.25) is 0 Å². The Morgan fingerprint density at radius 1 is 1.60 bits per heavy atom. The van der Waals surface area contributed by atoms with E-state index >= 15 is 0 Å². The molecule has 1 atom stereocenters. The van der Waals surface area contributed by atoms with Gasteiger partial charge in [-0.25, -0.2) is 0 Å². The molecule has 1 aromatic rings. The third-order valence-corrected chi connectivity index (χ3v) is 3.72. The zero-order chi connectivity index (χ0) is 14.7. The van der Waals surface area contributed by atoms with Crippen LogP contribution in [-0.2, 0) is 7.05 Å². The Bertz CT molecular complexity index is 510. The first-order chi connectivity index (χ1) is 9.52. The molecule has 1 saturated heterocycles. The molecule has 7 nitrogen and oxygen atoms in total. The SMILES string of the molecule is CNCC1CCCN(C(=O)c2cc([N+](=O)[O-])cn2C)C1. The Morgan fingerprint density at radius 3 is 2.95 bits per heavy atom. The number of carbonyl (C=O) groups is 1. The fourth-order valence-electron chi connectivity index (χ4n) is 2.73. The molecule has 0 aliphatic carbocycles. The number of nitrogens with zero attached hydrogens (tertiary/aromatic N) is 3. The van der Waals surface area contributed by atoms with Gasteiger partial charge in [0.2, 0.25) is 0 Å². The van der Waals surface area contributed by atoms with Crippen LogP contribution in [0.5, 0.6) is 0 Å². The van der Waals surface area contributed by atoms with Gasteiger partial charge in [0, 0.05) is 26.2 Å². The van der Waals surface area contributed by atoms with Gasteiger partial charge < -0.3 is 14.8 Å². The van der Waals surface area contributed by atoms with Crippen LogP contribution < -0.4 is 5.32 Å². The lowest BCUT2D eigenvalue weighted by atomic mass is 9.98. The number of rotatable bonds is 4. The Hall–Kier alpha value is -1.89. The Labute approximate surface area is 117 Å². The summed E-state index contributed by atoms with van der Waals surface area (Å²) in [6.45, 7) is 2.31. The van der Waals surface area contributed by atoms with Gasteiger partial charge in [0.15, 0.2) is 0 Å². The van der Waals surface area contributed by atoms with E-state index in [0.717, 1.165) is 25.9 Å². The number of aromatic nitrogens is 1. The second-order valence-electron chi connectivity index (χ2n) is 5.27. The molecule has 0 spiro atoms. The zero-order valence-corrected chi connectivity index (χ0v) is 11.8. The van der Waals surface area contributed by atoms with E-state index < -0.39 is 4.92 Å². The summed E-state index contributed by atoms with van der Waals surface area (Å²) in [5.74, 6) is 0.328. The van der Waals surface area contributed by atoms with Crippen molar-refractivity contribution in [3.8, 4) is 0 Å². The molecule has 20 heavy (non-hydrogen) atoms. The number of nitro groups is 1. The van der Waals surface area contributed by atoms with Crippen LogP contribution in [0.3, 0.4) is 0 Å². The number of amides is 1. The first-order valence-electron chi connectivity index (χ1n) is 6.77. The predicted octanol–water partition coefficient (Wildman–Crippen LogP) is 1.00. The second kappa shape index (κ2) is 6.04. The highest BCUT2D eigenvalue weighted by Crippen LogP contribution is 2.21. The van der Waals surface area contributed by atoms with Crippen molar-refractivity contribution in [3.63, 3.8) is 0 Å². The maximum Gasteiger partial charge on any atom is 0.287 e. The molecule has 7 heteroatoms. The monoisotopic (exact) mass is 280 g/mol. The van der Waals surface area contributed by atoms with Crippen LogP contribution in [0.25, 0.3) is 0 Å². The number of likely N-dealkylation sites (tertiary alicyclic amines) is 1. The van der Waals surface area contributed by atoms with Gasteiger partial charge in [0.1, 0.15) is 5.69 Å². The predicted molar refractivity (Wildman–Crippen MR) is 74.6 cm³/mol. The Kier molecular flexibility index (Phi) is 4.39. The van der Waals surface area contributed by atoms with E-state index in [1.807, 2.05) is 7.05 Å². The number of piperidine rings is 1. The van der Waals surface area contributed by atoms with Crippen LogP contribution in [-0.4, -0.2) is 47.0 Å². The first-order valence-corrected chi connectivity index (χ1v) is 6.77. The molecule has 1 aromatic heterocycles. The smallest absolute Gasteiger partial charge is 0.287 e. The van der Waals surface area contributed by atoms with E-state index in [4.69, 9.17) is 0 Å². The summed E-state index contributed by atoms with van der Waals surface area (Å²) in [6.07, 6.45) is 3.46. The van der Waals surface area contributed by atoms with Gasteiger partial charge in [-0.3, -0.25) is 14.9 Å². The van der Waals surface area contributed by atoms with Crippen molar-refractivity contribution in [2.45, 2.75) is 12.8 Å². The average molecular weight is 280 g/mol. The number of carbonyl (C=O) groups excluding carboxylic acids is 1. The lowest BCUT2D eigenvalue weighted by Crippen LogP contribution is -2.43. The summed E-state index contributed by atoms with van der Waals surface area (Å²) in [5, 5.41) is 13.9. The third kappa shape index (κ3) is 2.98. The normalized spacial score (nSPS) is 19.1. The van der Waals surface area contributed by atoms with E-state index in [0.29, 0.717) is 18.2 Å². The highest BCUT2D eigenvalue weighted by atomic mass is 16.6. The van der Waals surface area contributed by atoms with Crippen molar-refractivity contribution in [1.82, 2.24) is 14.8 Å². The molecular formula is C13H20N4O3. The molecule has 2 heterocycles. The maximum atomic E-state index is 12.5. The molecule has 0 bridgehead atoms. The van der Waals surface area contributed by atoms with E-state index in [1.165, 1.54) is 16.8 Å². The van der Waals surface area contributed by atoms with Gasteiger partial charge in [-0.15, -0.1) is 0 Å². The molecule has 1 N–H and O–H groups in total. The van der Waals surface area contributed by atoms with Crippen LogP contribution in [0.1, 0.15) is 23.3 Å². The summed E-state index contributed by atoms with van der Waals surface area (Å²) in [6, 6.07) is 1.35. The van der Waals surface area contributed by atoms with Crippen molar-refractivity contribution >= 4 is 11.6 Å². The van der Waals surface area contributed by atoms with Gasteiger partial charge in [0.25, 0.3) is 11.6 Å². The summed E-state index contributed by atoms with van der Waals surface area (Å²) >= 11 is 0. The average Bonchev–Trinajstić information content (AvgIpc) is 2.81. The summed E-state index contributed by atoms with van der Waals surface area (Å²) in [7, 11) is 3.57. The molecule has 110 valence electrons. The van der Waals surface area contributed by atoms with Gasteiger partial charge in [-0.2, -0.15) is 0 Å². The maximum absolute atomic E-state index is 12.5. The summed E-state index contributed by atoms with van der Waals surface area (Å²) in [4.78, 5) is 24.6. The highest BCUT2D eigenvalue weighted by molar-refractivity contribution is 5.93. The molecule has 0 radical (unpaired) electrons. The summed E-state index contributed by atoms with van der Waals surface area (Å²) < 4.78 is 1.53. The molecule has 1 unspecified atom stereocenters. The van der Waals surface area contributed by atoms with Crippen LogP contribution in [0, 0.1) is 16.0 Å². The van der Waals surface area contributed by atoms with Crippen molar-refractivity contribution < 1.29 is 9.72 Å². The number of hydrogen-bond acceptors (Lipinski definition) is 4. The molecule has 1 aliphatic rings. The number of aryl methyl sites for hydroxylation is 1. The van der Waals surface area contributed by atoms with Gasteiger partial charge in [0.05, 0.1) is 11.1 Å². The molecule has 0 saturated carbocycles. The van der Waals surface area contributed by atoms with Gasteiger partial charge in [-0.05, 0) is 32.4 Å². The summed E-state index contributed by atoms with van der Waals surface area (Å²) in [5.41, 5.74) is 0.335. The topological polar surface area (TPSA) is 80.4 Å². The molecular weight excluding hydrogens is 260 g/mol. The number of hydrogen-bond donors (Lipinski definition) is 1. The van der Waals surface area contributed by atoms with E-state index in [9.17, 15) is 14.9 Å². The fraction of sp³-hybridized carbons (Fsp3) is 0.615. The largest absolute Gasteiger partial charge is 0.340 e. The quantitative estimate of drug-likeness (QED) is 0.659. The molecule has 1 fully saturated rings. The van der Waals surface area contributed by atoms with Crippen molar-refractivity contribution in [2.75, 3.05) is 26.7 Å². The van der Waals surface area contributed by atoms with Crippen LogP contribution >= 0.6 is 0 Å². The van der Waals surface area contributed by atoms with E-state index in [-0.39, 0.29) is 11.6 Å². The van der Waals surface area contributed by atoms with Gasteiger partial charge >= 0.3 is 0 Å². The fourth-order valence-corrected chi connectivity index (χ4v) is 2.73. The second-order valence-corrected chi connectivity index (χ2v) is 5.27. The zero-order valence-electron chi connectivity index (χ0n) is 11.8. The minimum absolute atomic E-state index is 0.0420. The van der Waals surface area contributed by atoms with Crippen molar-refractivity contribution in [3.05, 3.63) is 28.1 Å². The van der Waals surface area contributed by atoms with Crippen LogP contribution in [0.4, 0.5) is 5.69 Å². The van der Waals surface area contributed by atoms with Crippen LogP contribution in [0.15, 0.2) is 12.3 Å². The standard InChI is InChI=1S/C13H20N4O3/c1-14-7-10-4-3-5-16(8-10)13(18)12-6-11(17(19)20)9-15(12)2/h6,9-10,14H,3-5,7-8H2,1-2H3. The lowest BCUT2D eigenvalue weighted by Gasteiger charge is -2.32. The lowest BCUT2D eigenvalue weighted by molar-refractivity contribution is -0.384. The minimum Gasteiger partial charge on any atom is -0.340 e. The van der Waals surface area contributed by atoms with Crippen molar-refractivity contribution in [1.29, 1.82) is 0 Å². The van der Waals surface area contributed by atoms with E-state index in [1.54, 1.807) is 11.9 Å². The molecule has 2 rings (SSSR count). The van der Waals surface area contributed by atoms with E-state index in [2.05, 4.69) is 5.32 Å². The molecule has 0 aromatic carbocycles. The van der Waals surface area contributed by atoms with Gasteiger partial charge in [-0.1, -0.05) is 0 Å². The first kappa shape index (κ1) is 14.5. The molecule has 1 amide bonds. The number of nitrogens with one attached hydrogen (secondary N) is 1. The van der Waals surface area contributed by atoms with Crippen molar-refractivity contribution in [2.24, 2.45) is 13.0 Å². The highest BCUT2D eigenvalue weighted by Gasteiger charge is 2.27.